The van der Waals surface area contributed by atoms with Crippen molar-refractivity contribution < 1.29 is 50.4 Å². The molecule has 3 aromatic rings. The predicted octanol–water partition coefficient (Wildman–Crippen LogP) is 2.95. The van der Waals surface area contributed by atoms with Crippen molar-refractivity contribution in [1.29, 1.82) is 0 Å². The van der Waals surface area contributed by atoms with Crippen LogP contribution in [0.4, 0.5) is 26.3 Å². The van der Waals surface area contributed by atoms with Gasteiger partial charge in [0.05, 0.1) is 55.0 Å². The molecule has 2 fully saturated rings. The first-order valence-corrected chi connectivity index (χ1v) is 12.7. The molecule has 1 saturated heterocycles. The Hall–Kier alpha value is -3.87. The second kappa shape index (κ2) is 12.6. The van der Waals surface area contributed by atoms with Crippen molar-refractivity contribution in [3.8, 4) is 0 Å². The molecule has 0 spiro atoms. The number of alkyl halides is 6. The first-order valence-electron chi connectivity index (χ1n) is 12.7. The lowest BCUT2D eigenvalue weighted by Crippen LogP contribution is -2.37. The number of ether oxygens (including phenoxy) is 1. The summed E-state index contributed by atoms with van der Waals surface area (Å²) in [5.41, 5.74) is 1.47. The standard InChI is InChI=1S/C21H25F3N8O3.C2HF3O2/c1-11-17(31-35-30-11)19(33)29-18(12-2-4-13(5-3-12)21(22,23)24)15-9-32-20(28-15)27-14(8-26-32)16-10-34-7-6-25-16;3-2(4,5)1(6)7/h8-9,12-13,16,18,25H,2-7,10H2,1H3,(H,29,33);(H,6,7)/t12?,13?,16?,18-;/m0./s1. The first-order chi connectivity index (χ1) is 19.7. The molecule has 42 heavy (non-hydrogen) atoms. The molecule has 0 bridgehead atoms. The molecule has 1 aliphatic heterocycles. The molecule has 1 aliphatic carbocycles. The number of carbonyl (C=O) groups is 2. The van der Waals surface area contributed by atoms with Crippen LogP contribution in [0.15, 0.2) is 17.0 Å². The highest BCUT2D eigenvalue weighted by Gasteiger charge is 2.43. The molecule has 1 amide bonds. The third-order valence-electron chi connectivity index (χ3n) is 6.93. The van der Waals surface area contributed by atoms with Crippen molar-refractivity contribution in [2.75, 3.05) is 19.8 Å². The van der Waals surface area contributed by atoms with Gasteiger partial charge < -0.3 is 20.5 Å². The van der Waals surface area contributed by atoms with Gasteiger partial charge in [0, 0.05) is 6.54 Å². The van der Waals surface area contributed by atoms with E-state index in [2.05, 4.69) is 40.6 Å². The van der Waals surface area contributed by atoms with Gasteiger partial charge in [-0.05, 0) is 43.7 Å². The summed E-state index contributed by atoms with van der Waals surface area (Å²) in [6.45, 7) is 3.36. The number of hydrogen-bond acceptors (Lipinski definition) is 10. The van der Waals surface area contributed by atoms with E-state index >= 15 is 0 Å². The van der Waals surface area contributed by atoms with Crippen LogP contribution in [-0.2, 0) is 9.53 Å². The van der Waals surface area contributed by atoms with Crippen molar-refractivity contribution >= 4 is 17.7 Å². The number of aromatic nitrogens is 6. The average molecular weight is 609 g/mol. The number of hydrogen-bond donors (Lipinski definition) is 3. The van der Waals surface area contributed by atoms with Gasteiger partial charge in [-0.2, -0.15) is 31.4 Å². The molecule has 13 nitrogen and oxygen atoms in total. The summed E-state index contributed by atoms with van der Waals surface area (Å²) in [4.78, 5) is 31.0. The fraction of sp³-hybridized carbons (Fsp3) is 0.609. The molecule has 2 aliphatic rings. The molecule has 230 valence electrons. The number of amides is 1. The molecular weight excluding hydrogens is 582 g/mol. The van der Waals surface area contributed by atoms with Crippen LogP contribution in [-0.4, -0.2) is 79.0 Å². The van der Waals surface area contributed by atoms with Crippen LogP contribution in [0.5, 0.6) is 0 Å². The van der Waals surface area contributed by atoms with Crippen molar-refractivity contribution in [1.82, 2.24) is 40.5 Å². The third-order valence-corrected chi connectivity index (χ3v) is 6.93. The van der Waals surface area contributed by atoms with Gasteiger partial charge in [0.1, 0.15) is 5.69 Å². The highest BCUT2D eigenvalue weighted by molar-refractivity contribution is 5.93. The van der Waals surface area contributed by atoms with Crippen LogP contribution >= 0.6 is 0 Å². The van der Waals surface area contributed by atoms with Gasteiger partial charge in [-0.1, -0.05) is 5.16 Å². The Morgan fingerprint density at radius 3 is 2.36 bits per heavy atom. The van der Waals surface area contributed by atoms with Gasteiger partial charge in [-0.3, -0.25) is 4.79 Å². The molecule has 3 aromatic heterocycles. The Labute approximate surface area is 233 Å². The molecule has 4 heterocycles. The molecule has 0 radical (unpaired) electrons. The molecule has 2 atom stereocenters. The van der Waals surface area contributed by atoms with E-state index in [4.69, 9.17) is 14.6 Å². The van der Waals surface area contributed by atoms with E-state index in [0.717, 1.165) is 0 Å². The van der Waals surface area contributed by atoms with Crippen LogP contribution in [0.1, 0.15) is 65.3 Å². The molecular formula is C23H26F6N8O5. The van der Waals surface area contributed by atoms with E-state index in [9.17, 15) is 31.1 Å². The topological polar surface area (TPSA) is 170 Å². The summed E-state index contributed by atoms with van der Waals surface area (Å²) in [6.07, 6.45) is -5.48. The van der Waals surface area contributed by atoms with Crippen LogP contribution in [0.3, 0.4) is 0 Å². The average Bonchev–Trinajstić information content (AvgIpc) is 3.57. The Morgan fingerprint density at radius 2 is 1.81 bits per heavy atom. The van der Waals surface area contributed by atoms with Crippen molar-refractivity contribution in [2.45, 2.75) is 57.0 Å². The number of nitrogens with zero attached hydrogens (tertiary/aromatic N) is 6. The van der Waals surface area contributed by atoms with Crippen LogP contribution in [0, 0.1) is 18.8 Å². The van der Waals surface area contributed by atoms with Gasteiger partial charge in [0.25, 0.3) is 11.7 Å². The summed E-state index contributed by atoms with van der Waals surface area (Å²) in [5, 5.41) is 25.0. The lowest BCUT2D eigenvalue weighted by atomic mass is 9.77. The van der Waals surface area contributed by atoms with E-state index in [-0.39, 0.29) is 43.3 Å². The number of morpholine rings is 1. The molecule has 0 aromatic carbocycles. The summed E-state index contributed by atoms with van der Waals surface area (Å²) in [6, 6.07) is -0.770. The maximum atomic E-state index is 13.2. The van der Waals surface area contributed by atoms with E-state index < -0.39 is 36.2 Å². The summed E-state index contributed by atoms with van der Waals surface area (Å²) in [5.74, 6) is -4.56. The first kappa shape index (κ1) is 31.1. The van der Waals surface area contributed by atoms with E-state index in [1.54, 1.807) is 19.3 Å². The zero-order valence-electron chi connectivity index (χ0n) is 21.9. The minimum absolute atomic E-state index is 0.00749. The molecule has 1 saturated carbocycles. The SMILES string of the molecule is Cc1nonc1C(=O)N[C@H](c1cn2ncc(C3COCCN3)nc2n1)C1CCC(C(F)(F)F)CC1.O=C(O)C(F)(F)F. The maximum Gasteiger partial charge on any atom is 0.490 e. The van der Waals surface area contributed by atoms with Crippen molar-refractivity contribution in [2.24, 2.45) is 11.8 Å². The Balaban J connectivity index is 0.000000517. The number of imidazole rings is 1. The smallest absolute Gasteiger partial charge is 0.475 e. The fourth-order valence-corrected chi connectivity index (χ4v) is 4.74. The minimum atomic E-state index is -5.08. The highest BCUT2D eigenvalue weighted by Crippen LogP contribution is 2.43. The van der Waals surface area contributed by atoms with Crippen molar-refractivity contribution in [3.63, 3.8) is 0 Å². The van der Waals surface area contributed by atoms with Gasteiger partial charge in [-0.15, -0.1) is 0 Å². The number of carboxylic acid groups (broad SMARTS) is 1. The van der Waals surface area contributed by atoms with Gasteiger partial charge >= 0.3 is 18.3 Å². The normalized spacial score (nSPS) is 22.2. The number of halogens is 6. The quantitative estimate of drug-likeness (QED) is 0.364. The Bertz CT molecular complexity index is 1380. The number of aliphatic carboxylic acids is 1. The fourth-order valence-electron chi connectivity index (χ4n) is 4.74. The third kappa shape index (κ3) is 7.50. The largest absolute Gasteiger partial charge is 0.490 e. The number of fused-ring (bicyclic) bond motifs is 1. The van der Waals surface area contributed by atoms with Gasteiger partial charge in [0.15, 0.2) is 5.69 Å². The molecule has 19 heteroatoms. The Morgan fingerprint density at radius 1 is 1.12 bits per heavy atom. The second-order valence-electron chi connectivity index (χ2n) is 9.78. The van der Waals surface area contributed by atoms with Crippen molar-refractivity contribution in [3.05, 3.63) is 35.2 Å². The van der Waals surface area contributed by atoms with Crippen LogP contribution in [0.2, 0.25) is 0 Å². The Kier molecular flexibility index (Phi) is 9.29. The second-order valence-corrected chi connectivity index (χ2v) is 9.78. The highest BCUT2D eigenvalue weighted by atomic mass is 19.4. The van der Waals surface area contributed by atoms with Crippen LogP contribution in [0.25, 0.3) is 5.78 Å². The molecule has 5 rings (SSSR count). The zero-order valence-corrected chi connectivity index (χ0v) is 21.9. The lowest BCUT2D eigenvalue weighted by molar-refractivity contribution is -0.192. The van der Waals surface area contributed by atoms with E-state index in [1.807, 2.05) is 0 Å². The minimum Gasteiger partial charge on any atom is -0.475 e. The molecule has 3 N–H and O–H groups in total. The number of nitrogens with one attached hydrogen (secondary N) is 2. The predicted molar refractivity (Wildman–Crippen MR) is 127 cm³/mol. The lowest BCUT2D eigenvalue weighted by Gasteiger charge is -2.34. The summed E-state index contributed by atoms with van der Waals surface area (Å²) >= 11 is 0. The van der Waals surface area contributed by atoms with Gasteiger partial charge in [0.2, 0.25) is 0 Å². The molecule has 1 unspecified atom stereocenters. The maximum absolute atomic E-state index is 13.2. The number of carboxylic acids is 1. The number of carbonyl (C=O) groups excluding carboxylic acids is 1. The summed E-state index contributed by atoms with van der Waals surface area (Å²) in [7, 11) is 0. The van der Waals surface area contributed by atoms with E-state index in [1.165, 1.54) is 4.52 Å². The number of aryl methyl sites for hydroxylation is 1. The number of rotatable bonds is 5. The zero-order chi connectivity index (χ0) is 30.7. The monoisotopic (exact) mass is 608 g/mol. The van der Waals surface area contributed by atoms with E-state index in [0.29, 0.717) is 42.6 Å². The summed E-state index contributed by atoms with van der Waals surface area (Å²) < 4.78 is 83.0. The van der Waals surface area contributed by atoms with Gasteiger partial charge in [-0.25, -0.2) is 23.9 Å². The van der Waals surface area contributed by atoms with Crippen LogP contribution < -0.4 is 10.6 Å².